The number of carbonyl (C=O) groups is 1. The van der Waals surface area contributed by atoms with Gasteiger partial charge in [0.25, 0.3) is 5.91 Å². The summed E-state index contributed by atoms with van der Waals surface area (Å²) < 4.78 is 38.2. The van der Waals surface area contributed by atoms with E-state index in [-0.39, 0.29) is 25.2 Å². The largest absolute Gasteiger partial charge is 0.351 e. The first-order valence-electron chi connectivity index (χ1n) is 7.49. The molecule has 0 unspecified atom stereocenters. The fourth-order valence-corrected chi connectivity index (χ4v) is 3.11. The Morgan fingerprint density at radius 2 is 1.88 bits per heavy atom. The lowest BCUT2D eigenvalue weighted by Crippen LogP contribution is -2.37. The molecule has 0 saturated heterocycles. The van der Waals surface area contributed by atoms with Gasteiger partial charge in [-0.05, 0) is 35.9 Å². The van der Waals surface area contributed by atoms with Gasteiger partial charge in [-0.1, -0.05) is 29.8 Å². The Kier molecular flexibility index (Phi) is 6.52. The third-order valence-electron chi connectivity index (χ3n) is 3.47. The number of rotatable bonds is 7. The molecule has 5 nitrogen and oxygen atoms in total. The first-order valence-corrected chi connectivity index (χ1v) is 9.71. The monoisotopic (exact) mass is 384 g/mol. The Bertz CT molecular complexity index is 841. The summed E-state index contributed by atoms with van der Waals surface area (Å²) in [4.78, 5) is 12.0. The SMILES string of the molecule is CS(=O)(=O)N(CCNC(=O)c1cccc(F)c1)Cc1ccc(Cl)cc1. The number of amides is 1. The second-order valence-electron chi connectivity index (χ2n) is 5.49. The van der Waals surface area contributed by atoms with Crippen molar-refractivity contribution < 1.29 is 17.6 Å². The minimum atomic E-state index is -3.45. The van der Waals surface area contributed by atoms with Gasteiger partial charge in [0, 0.05) is 30.2 Å². The normalized spacial score (nSPS) is 11.5. The Hall–Kier alpha value is -1.96. The molecule has 0 aliphatic heterocycles. The highest BCUT2D eigenvalue weighted by Gasteiger charge is 2.17. The number of nitrogens with one attached hydrogen (secondary N) is 1. The average molecular weight is 385 g/mol. The fourth-order valence-electron chi connectivity index (χ4n) is 2.18. The predicted molar refractivity (Wildman–Crippen MR) is 95.4 cm³/mol. The first-order chi connectivity index (χ1) is 11.8. The maximum atomic E-state index is 13.1. The molecule has 25 heavy (non-hydrogen) atoms. The van der Waals surface area contributed by atoms with Crippen LogP contribution in [0.5, 0.6) is 0 Å². The minimum absolute atomic E-state index is 0.0997. The number of hydrogen-bond donors (Lipinski definition) is 1. The van der Waals surface area contributed by atoms with Crippen molar-refractivity contribution in [2.45, 2.75) is 6.54 Å². The summed E-state index contributed by atoms with van der Waals surface area (Å²) >= 11 is 5.82. The van der Waals surface area contributed by atoms with Crippen molar-refractivity contribution in [2.75, 3.05) is 19.3 Å². The van der Waals surface area contributed by atoms with Crippen LogP contribution in [0.3, 0.4) is 0 Å². The number of benzene rings is 2. The molecule has 0 heterocycles. The molecule has 134 valence electrons. The lowest BCUT2D eigenvalue weighted by molar-refractivity contribution is 0.0951. The highest BCUT2D eigenvalue weighted by Crippen LogP contribution is 2.13. The van der Waals surface area contributed by atoms with Crippen LogP contribution in [0.15, 0.2) is 48.5 Å². The Morgan fingerprint density at radius 3 is 2.48 bits per heavy atom. The van der Waals surface area contributed by atoms with E-state index in [1.54, 1.807) is 24.3 Å². The van der Waals surface area contributed by atoms with Crippen LogP contribution in [-0.4, -0.2) is 38.0 Å². The zero-order valence-electron chi connectivity index (χ0n) is 13.6. The van der Waals surface area contributed by atoms with E-state index < -0.39 is 21.7 Å². The quantitative estimate of drug-likeness (QED) is 0.798. The summed E-state index contributed by atoms with van der Waals surface area (Å²) in [5.74, 6) is -0.965. The van der Waals surface area contributed by atoms with E-state index in [9.17, 15) is 17.6 Å². The van der Waals surface area contributed by atoms with Crippen molar-refractivity contribution in [3.63, 3.8) is 0 Å². The van der Waals surface area contributed by atoms with Gasteiger partial charge in [0.1, 0.15) is 5.82 Å². The summed E-state index contributed by atoms with van der Waals surface area (Å²) in [6.07, 6.45) is 1.11. The molecular formula is C17H18ClFN2O3S. The van der Waals surface area contributed by atoms with E-state index in [0.29, 0.717) is 5.02 Å². The lowest BCUT2D eigenvalue weighted by Gasteiger charge is -2.20. The second-order valence-corrected chi connectivity index (χ2v) is 7.91. The van der Waals surface area contributed by atoms with Crippen LogP contribution >= 0.6 is 11.6 Å². The molecule has 0 aromatic heterocycles. The van der Waals surface area contributed by atoms with Gasteiger partial charge in [0.2, 0.25) is 10.0 Å². The molecular weight excluding hydrogens is 367 g/mol. The van der Waals surface area contributed by atoms with Gasteiger partial charge in [0.15, 0.2) is 0 Å². The van der Waals surface area contributed by atoms with Gasteiger partial charge in [0.05, 0.1) is 6.26 Å². The topological polar surface area (TPSA) is 66.5 Å². The van der Waals surface area contributed by atoms with E-state index in [1.165, 1.54) is 22.5 Å². The average Bonchev–Trinajstić information content (AvgIpc) is 2.54. The maximum Gasteiger partial charge on any atom is 0.251 e. The summed E-state index contributed by atoms with van der Waals surface area (Å²) in [6.45, 7) is 0.379. The zero-order valence-corrected chi connectivity index (χ0v) is 15.1. The molecule has 1 amide bonds. The number of carbonyl (C=O) groups excluding carboxylic acids is 1. The standard InChI is InChI=1S/C17H18ClFN2O3S/c1-25(23,24)21(12-13-5-7-15(18)8-6-13)10-9-20-17(22)14-3-2-4-16(19)11-14/h2-8,11H,9-10,12H2,1H3,(H,20,22). The van der Waals surface area contributed by atoms with Gasteiger partial charge in [-0.15, -0.1) is 0 Å². The molecule has 2 aromatic carbocycles. The van der Waals surface area contributed by atoms with Gasteiger partial charge in [-0.3, -0.25) is 4.79 Å². The van der Waals surface area contributed by atoms with Gasteiger partial charge < -0.3 is 5.32 Å². The van der Waals surface area contributed by atoms with Crippen molar-refractivity contribution in [3.05, 3.63) is 70.5 Å². The maximum absolute atomic E-state index is 13.1. The number of halogens is 2. The van der Waals surface area contributed by atoms with Crippen LogP contribution in [0.4, 0.5) is 4.39 Å². The summed E-state index contributed by atoms with van der Waals surface area (Å²) in [7, 11) is -3.45. The summed E-state index contributed by atoms with van der Waals surface area (Å²) in [6, 6.07) is 12.1. The van der Waals surface area contributed by atoms with E-state index in [2.05, 4.69) is 5.32 Å². The molecule has 8 heteroatoms. The highest BCUT2D eigenvalue weighted by atomic mass is 35.5. The molecule has 0 radical (unpaired) electrons. The molecule has 0 saturated carbocycles. The molecule has 1 N–H and O–H groups in total. The smallest absolute Gasteiger partial charge is 0.251 e. The number of hydrogen-bond acceptors (Lipinski definition) is 3. The minimum Gasteiger partial charge on any atom is -0.351 e. The molecule has 0 aliphatic rings. The molecule has 0 bridgehead atoms. The van der Waals surface area contributed by atoms with Crippen LogP contribution in [0.25, 0.3) is 0 Å². The third kappa shape index (κ3) is 6.12. The van der Waals surface area contributed by atoms with Crippen LogP contribution in [-0.2, 0) is 16.6 Å². The molecule has 2 aromatic rings. The van der Waals surface area contributed by atoms with Crippen LogP contribution < -0.4 is 5.32 Å². The van der Waals surface area contributed by atoms with Crippen LogP contribution in [0.1, 0.15) is 15.9 Å². The van der Waals surface area contributed by atoms with E-state index in [4.69, 9.17) is 11.6 Å². The van der Waals surface area contributed by atoms with Crippen molar-refractivity contribution >= 4 is 27.5 Å². The number of sulfonamides is 1. The molecule has 2 rings (SSSR count). The lowest BCUT2D eigenvalue weighted by atomic mass is 10.2. The third-order valence-corrected chi connectivity index (χ3v) is 4.98. The van der Waals surface area contributed by atoms with Crippen LogP contribution in [0.2, 0.25) is 5.02 Å². The molecule has 0 atom stereocenters. The Labute approximate surface area is 151 Å². The second kappa shape index (κ2) is 8.42. The van der Waals surface area contributed by atoms with Crippen molar-refractivity contribution in [1.29, 1.82) is 0 Å². The van der Waals surface area contributed by atoms with Crippen molar-refractivity contribution in [3.8, 4) is 0 Å². The molecule has 0 spiro atoms. The summed E-state index contributed by atoms with van der Waals surface area (Å²) in [5, 5.41) is 3.16. The van der Waals surface area contributed by atoms with E-state index in [1.807, 2.05) is 0 Å². The predicted octanol–water partition coefficient (Wildman–Crippen LogP) is 2.67. The first kappa shape index (κ1) is 19.4. The van der Waals surface area contributed by atoms with Crippen molar-refractivity contribution in [1.82, 2.24) is 9.62 Å². The Balaban J connectivity index is 1.96. The van der Waals surface area contributed by atoms with Gasteiger partial charge in [-0.25, -0.2) is 12.8 Å². The van der Waals surface area contributed by atoms with Crippen LogP contribution in [0, 0.1) is 5.82 Å². The van der Waals surface area contributed by atoms with E-state index >= 15 is 0 Å². The number of nitrogens with zero attached hydrogens (tertiary/aromatic N) is 1. The molecule has 0 aliphatic carbocycles. The van der Waals surface area contributed by atoms with Gasteiger partial charge in [-0.2, -0.15) is 4.31 Å². The zero-order chi connectivity index (χ0) is 18.4. The van der Waals surface area contributed by atoms with Crippen molar-refractivity contribution in [2.24, 2.45) is 0 Å². The van der Waals surface area contributed by atoms with Gasteiger partial charge >= 0.3 is 0 Å². The Morgan fingerprint density at radius 1 is 1.20 bits per heavy atom. The highest BCUT2D eigenvalue weighted by molar-refractivity contribution is 7.88. The summed E-state index contributed by atoms with van der Waals surface area (Å²) in [5.41, 5.74) is 0.967. The molecule has 0 fully saturated rings. The van der Waals surface area contributed by atoms with E-state index in [0.717, 1.165) is 17.9 Å². The fraction of sp³-hybridized carbons (Fsp3) is 0.235.